The molecular formula is C14H11N3. The lowest BCUT2D eigenvalue weighted by atomic mass is 10.2. The molecule has 0 bridgehead atoms. The molecule has 0 aliphatic carbocycles. The van der Waals surface area contributed by atoms with Gasteiger partial charge in [0.15, 0.2) is 0 Å². The fourth-order valence-electron chi connectivity index (χ4n) is 1.79. The fraction of sp³-hybridized carbons (Fsp3) is 0. The van der Waals surface area contributed by atoms with Crippen LogP contribution >= 0.6 is 0 Å². The number of rotatable bonds is 2. The van der Waals surface area contributed by atoms with Crippen molar-refractivity contribution in [1.82, 2.24) is 9.97 Å². The van der Waals surface area contributed by atoms with Crippen molar-refractivity contribution in [3.63, 3.8) is 0 Å². The molecule has 0 saturated carbocycles. The van der Waals surface area contributed by atoms with Gasteiger partial charge >= 0.3 is 0 Å². The normalized spacial score (nSPS) is 10.4. The van der Waals surface area contributed by atoms with Crippen LogP contribution in [0.4, 0.5) is 11.5 Å². The van der Waals surface area contributed by atoms with Gasteiger partial charge in [-0.3, -0.25) is 4.98 Å². The third-order valence-electron chi connectivity index (χ3n) is 2.57. The highest BCUT2D eigenvalue weighted by Gasteiger charge is 2.01. The molecule has 0 aliphatic heterocycles. The number of anilines is 2. The summed E-state index contributed by atoms with van der Waals surface area (Å²) in [5, 5.41) is 4.39. The van der Waals surface area contributed by atoms with Crippen LogP contribution in [0.2, 0.25) is 0 Å². The molecule has 0 unspecified atom stereocenters. The highest BCUT2D eigenvalue weighted by molar-refractivity contribution is 5.92. The van der Waals surface area contributed by atoms with E-state index >= 15 is 0 Å². The van der Waals surface area contributed by atoms with E-state index in [-0.39, 0.29) is 0 Å². The maximum atomic E-state index is 4.32. The molecule has 0 spiro atoms. The molecule has 0 aliphatic rings. The number of hydrogen-bond donors (Lipinski definition) is 1. The molecule has 0 saturated heterocycles. The second kappa shape index (κ2) is 4.22. The van der Waals surface area contributed by atoms with Crippen LogP contribution in [-0.4, -0.2) is 9.97 Å². The average Bonchev–Trinajstić information content (AvgIpc) is 2.40. The number of hydrogen-bond acceptors (Lipinski definition) is 3. The van der Waals surface area contributed by atoms with Crippen molar-refractivity contribution in [3.05, 3.63) is 60.9 Å². The van der Waals surface area contributed by atoms with Crippen LogP contribution in [0, 0.1) is 0 Å². The molecule has 0 atom stereocenters. The lowest BCUT2D eigenvalue weighted by Gasteiger charge is -2.07. The SMILES string of the molecule is c1ccc(Nc2cccc3ncccc23)nc1. The molecular weight excluding hydrogens is 210 g/mol. The summed E-state index contributed by atoms with van der Waals surface area (Å²) in [7, 11) is 0. The lowest BCUT2D eigenvalue weighted by Crippen LogP contribution is -1.93. The summed E-state index contributed by atoms with van der Waals surface area (Å²) in [6, 6.07) is 15.8. The number of benzene rings is 1. The van der Waals surface area contributed by atoms with Crippen molar-refractivity contribution in [2.45, 2.75) is 0 Å². The van der Waals surface area contributed by atoms with Crippen LogP contribution < -0.4 is 5.32 Å². The van der Waals surface area contributed by atoms with E-state index in [4.69, 9.17) is 0 Å². The number of pyridine rings is 2. The third kappa shape index (κ3) is 1.95. The predicted molar refractivity (Wildman–Crippen MR) is 69.3 cm³/mol. The largest absolute Gasteiger partial charge is 0.340 e. The summed E-state index contributed by atoms with van der Waals surface area (Å²) in [6.07, 6.45) is 3.57. The molecule has 3 rings (SSSR count). The number of nitrogens with one attached hydrogen (secondary N) is 1. The second-order valence-electron chi connectivity index (χ2n) is 3.72. The van der Waals surface area contributed by atoms with Crippen molar-refractivity contribution in [3.8, 4) is 0 Å². The first-order valence-electron chi connectivity index (χ1n) is 5.45. The van der Waals surface area contributed by atoms with Gasteiger partial charge in [-0.2, -0.15) is 0 Å². The summed E-state index contributed by atoms with van der Waals surface area (Å²) in [4.78, 5) is 8.57. The van der Waals surface area contributed by atoms with Gasteiger partial charge in [-0.05, 0) is 36.4 Å². The zero-order valence-corrected chi connectivity index (χ0v) is 9.17. The Morgan fingerprint density at radius 1 is 0.765 bits per heavy atom. The summed E-state index contributed by atoms with van der Waals surface area (Å²) in [6.45, 7) is 0. The monoisotopic (exact) mass is 221 g/mol. The van der Waals surface area contributed by atoms with E-state index in [1.165, 1.54) is 0 Å². The average molecular weight is 221 g/mol. The Labute approximate surface area is 99.2 Å². The van der Waals surface area contributed by atoms with Crippen LogP contribution in [0.15, 0.2) is 60.9 Å². The Kier molecular flexibility index (Phi) is 2.43. The molecule has 0 radical (unpaired) electrons. The number of nitrogens with zero attached hydrogens (tertiary/aromatic N) is 2. The van der Waals surface area contributed by atoms with E-state index in [9.17, 15) is 0 Å². The standard InChI is InChI=1S/C14H11N3/c1-2-9-16-14(8-1)17-13-7-3-6-12-11(13)5-4-10-15-12/h1-10H,(H,16,17). The summed E-state index contributed by atoms with van der Waals surface area (Å²) in [5.74, 6) is 0.837. The Hall–Kier alpha value is -2.42. The van der Waals surface area contributed by atoms with Crippen molar-refractivity contribution in [2.75, 3.05) is 5.32 Å². The van der Waals surface area contributed by atoms with E-state index in [0.29, 0.717) is 0 Å². The first kappa shape index (κ1) is 9.78. The minimum atomic E-state index is 0.837. The highest BCUT2D eigenvalue weighted by atomic mass is 15.0. The smallest absolute Gasteiger partial charge is 0.130 e. The van der Waals surface area contributed by atoms with Crippen molar-refractivity contribution in [2.24, 2.45) is 0 Å². The molecule has 2 heterocycles. The van der Waals surface area contributed by atoms with Crippen molar-refractivity contribution in [1.29, 1.82) is 0 Å². The molecule has 82 valence electrons. The second-order valence-corrected chi connectivity index (χ2v) is 3.72. The molecule has 0 fully saturated rings. The number of fused-ring (bicyclic) bond motifs is 1. The number of aromatic nitrogens is 2. The summed E-state index contributed by atoms with van der Waals surface area (Å²) < 4.78 is 0. The Morgan fingerprint density at radius 3 is 2.59 bits per heavy atom. The van der Waals surface area contributed by atoms with Gasteiger partial charge in [-0.25, -0.2) is 4.98 Å². The van der Waals surface area contributed by atoms with Gasteiger partial charge in [0.05, 0.1) is 5.52 Å². The first-order chi connectivity index (χ1) is 8.43. The van der Waals surface area contributed by atoms with E-state index in [0.717, 1.165) is 22.4 Å². The summed E-state index contributed by atoms with van der Waals surface area (Å²) >= 11 is 0. The molecule has 17 heavy (non-hydrogen) atoms. The molecule has 3 nitrogen and oxygen atoms in total. The van der Waals surface area contributed by atoms with E-state index in [2.05, 4.69) is 15.3 Å². The zero-order chi connectivity index (χ0) is 11.5. The van der Waals surface area contributed by atoms with Crippen molar-refractivity contribution < 1.29 is 0 Å². The Morgan fingerprint density at radius 2 is 1.71 bits per heavy atom. The van der Waals surface area contributed by atoms with Gasteiger partial charge in [-0.15, -0.1) is 0 Å². The topological polar surface area (TPSA) is 37.8 Å². The van der Waals surface area contributed by atoms with Gasteiger partial charge < -0.3 is 5.32 Å². The minimum Gasteiger partial charge on any atom is -0.340 e. The van der Waals surface area contributed by atoms with Crippen LogP contribution in [-0.2, 0) is 0 Å². The molecule has 1 N–H and O–H groups in total. The first-order valence-corrected chi connectivity index (χ1v) is 5.45. The van der Waals surface area contributed by atoms with Crippen LogP contribution in [0.1, 0.15) is 0 Å². The maximum absolute atomic E-state index is 4.32. The Bertz CT molecular complexity index is 630. The van der Waals surface area contributed by atoms with Gasteiger partial charge in [0, 0.05) is 23.5 Å². The maximum Gasteiger partial charge on any atom is 0.130 e. The third-order valence-corrected chi connectivity index (χ3v) is 2.57. The quantitative estimate of drug-likeness (QED) is 0.721. The van der Waals surface area contributed by atoms with E-state index < -0.39 is 0 Å². The van der Waals surface area contributed by atoms with Gasteiger partial charge in [0.25, 0.3) is 0 Å². The van der Waals surface area contributed by atoms with Gasteiger partial charge in [0.1, 0.15) is 5.82 Å². The van der Waals surface area contributed by atoms with Gasteiger partial charge in [-0.1, -0.05) is 12.1 Å². The fourth-order valence-corrected chi connectivity index (χ4v) is 1.79. The highest BCUT2D eigenvalue weighted by Crippen LogP contribution is 2.23. The van der Waals surface area contributed by atoms with E-state index in [1.54, 1.807) is 12.4 Å². The Balaban J connectivity index is 2.06. The predicted octanol–water partition coefficient (Wildman–Crippen LogP) is 3.37. The van der Waals surface area contributed by atoms with Crippen LogP contribution in [0.25, 0.3) is 10.9 Å². The van der Waals surface area contributed by atoms with Crippen LogP contribution in [0.3, 0.4) is 0 Å². The zero-order valence-electron chi connectivity index (χ0n) is 9.17. The molecule has 1 aromatic carbocycles. The van der Waals surface area contributed by atoms with E-state index in [1.807, 2.05) is 48.5 Å². The molecule has 3 aromatic rings. The minimum absolute atomic E-state index is 0.837. The molecule has 3 heteroatoms. The molecule has 0 amide bonds. The molecule has 2 aromatic heterocycles. The lowest BCUT2D eigenvalue weighted by molar-refractivity contribution is 1.31. The van der Waals surface area contributed by atoms with Crippen LogP contribution in [0.5, 0.6) is 0 Å². The van der Waals surface area contributed by atoms with Crippen molar-refractivity contribution >= 4 is 22.4 Å². The summed E-state index contributed by atoms with van der Waals surface area (Å²) in [5.41, 5.74) is 2.00. The van der Waals surface area contributed by atoms with Gasteiger partial charge in [0.2, 0.25) is 0 Å².